The molecule has 0 saturated heterocycles. The second kappa shape index (κ2) is 3.98. The Morgan fingerprint density at radius 1 is 1.73 bits per heavy atom. The lowest BCUT2D eigenvalue weighted by Crippen LogP contribution is -2.26. The Labute approximate surface area is 66.6 Å². The number of nitrogens with one attached hydrogen (secondary N) is 2. The molecule has 4 nitrogen and oxygen atoms in total. The van der Waals surface area contributed by atoms with Gasteiger partial charge in [-0.15, -0.1) is 0 Å². The highest BCUT2D eigenvalue weighted by atomic mass is 15.2. The molecule has 1 aromatic heterocycles. The van der Waals surface area contributed by atoms with E-state index in [4.69, 9.17) is 0 Å². The molecule has 1 heterocycles. The molecule has 1 aromatic rings. The van der Waals surface area contributed by atoms with E-state index in [0.29, 0.717) is 0 Å². The molecule has 0 amide bonds. The Bertz CT molecular complexity index is 182. The maximum atomic E-state index is 3.86. The van der Waals surface area contributed by atoms with Gasteiger partial charge in [0.2, 0.25) is 0 Å². The van der Waals surface area contributed by atoms with Gasteiger partial charge < -0.3 is 10.2 Å². The molecule has 0 fully saturated rings. The summed E-state index contributed by atoms with van der Waals surface area (Å²) in [4.78, 5) is 2.14. The number of hydrogen-bond donors (Lipinski definition) is 2. The summed E-state index contributed by atoms with van der Waals surface area (Å²) in [5.41, 5.74) is 1.13. The van der Waals surface area contributed by atoms with E-state index in [9.17, 15) is 0 Å². The lowest BCUT2D eigenvalue weighted by atomic mass is 10.4. The highest BCUT2D eigenvalue weighted by Gasteiger charge is 1.98. The van der Waals surface area contributed by atoms with Crippen molar-refractivity contribution in [3.63, 3.8) is 0 Å². The summed E-state index contributed by atoms with van der Waals surface area (Å²) in [7, 11) is 3.99. The standard InChI is InChI=1S/C7H14N4/c1-8-3-4-11(2)7-5-9-10-6-7/h5-6,8H,3-4H2,1-2H3,(H,9,10). The molecule has 4 heteroatoms. The molecule has 0 aliphatic heterocycles. The zero-order chi connectivity index (χ0) is 8.10. The van der Waals surface area contributed by atoms with E-state index in [1.807, 2.05) is 26.5 Å². The Kier molecular flexibility index (Phi) is 2.92. The Hall–Kier alpha value is -1.03. The van der Waals surface area contributed by atoms with Crippen LogP contribution < -0.4 is 10.2 Å². The summed E-state index contributed by atoms with van der Waals surface area (Å²) >= 11 is 0. The number of aromatic amines is 1. The molecule has 62 valence electrons. The van der Waals surface area contributed by atoms with Gasteiger partial charge in [0, 0.05) is 26.3 Å². The van der Waals surface area contributed by atoms with Crippen molar-refractivity contribution >= 4 is 5.69 Å². The highest BCUT2D eigenvalue weighted by Crippen LogP contribution is 2.06. The number of hydrogen-bond acceptors (Lipinski definition) is 3. The van der Waals surface area contributed by atoms with Crippen molar-refractivity contribution in [1.29, 1.82) is 0 Å². The molecule has 0 aliphatic rings. The average molecular weight is 154 g/mol. The van der Waals surface area contributed by atoms with E-state index in [0.717, 1.165) is 18.8 Å². The molecular formula is C7H14N4. The van der Waals surface area contributed by atoms with Crippen molar-refractivity contribution in [3.8, 4) is 0 Å². The van der Waals surface area contributed by atoms with Crippen LogP contribution in [0.3, 0.4) is 0 Å². The maximum absolute atomic E-state index is 3.86. The average Bonchev–Trinajstić information content (AvgIpc) is 2.52. The van der Waals surface area contributed by atoms with Crippen molar-refractivity contribution < 1.29 is 0 Å². The van der Waals surface area contributed by atoms with Crippen molar-refractivity contribution in [3.05, 3.63) is 12.4 Å². The molecule has 0 atom stereocenters. The fourth-order valence-electron chi connectivity index (χ4n) is 0.861. The molecular weight excluding hydrogens is 140 g/mol. The Morgan fingerprint density at radius 2 is 2.55 bits per heavy atom. The normalized spacial score (nSPS) is 10.0. The van der Waals surface area contributed by atoms with Gasteiger partial charge in [-0.3, -0.25) is 5.10 Å². The minimum absolute atomic E-state index is 0.988. The summed E-state index contributed by atoms with van der Waals surface area (Å²) in [5.74, 6) is 0. The molecule has 0 bridgehead atoms. The maximum Gasteiger partial charge on any atom is 0.0747 e. The van der Waals surface area contributed by atoms with Crippen molar-refractivity contribution in [2.75, 3.05) is 32.1 Å². The Balaban J connectivity index is 2.36. The molecule has 11 heavy (non-hydrogen) atoms. The quantitative estimate of drug-likeness (QED) is 0.645. The summed E-state index contributed by atoms with van der Waals surface area (Å²) < 4.78 is 0. The van der Waals surface area contributed by atoms with Crippen molar-refractivity contribution in [2.45, 2.75) is 0 Å². The van der Waals surface area contributed by atoms with Gasteiger partial charge in [0.1, 0.15) is 0 Å². The van der Waals surface area contributed by atoms with Crippen LogP contribution >= 0.6 is 0 Å². The lowest BCUT2D eigenvalue weighted by molar-refractivity contribution is 0.768. The fraction of sp³-hybridized carbons (Fsp3) is 0.571. The lowest BCUT2D eigenvalue weighted by Gasteiger charge is -2.15. The first-order chi connectivity index (χ1) is 5.34. The monoisotopic (exact) mass is 154 g/mol. The van der Waals surface area contributed by atoms with Gasteiger partial charge in [0.15, 0.2) is 0 Å². The van der Waals surface area contributed by atoms with Crippen LogP contribution in [0.1, 0.15) is 0 Å². The third-order valence-electron chi connectivity index (χ3n) is 1.62. The van der Waals surface area contributed by atoms with Gasteiger partial charge in [-0.2, -0.15) is 5.10 Å². The minimum Gasteiger partial charge on any atom is -0.371 e. The summed E-state index contributed by atoms with van der Waals surface area (Å²) in [6, 6.07) is 0. The van der Waals surface area contributed by atoms with E-state index < -0.39 is 0 Å². The molecule has 0 unspecified atom stereocenters. The highest BCUT2D eigenvalue weighted by molar-refractivity contribution is 5.40. The van der Waals surface area contributed by atoms with Crippen LogP contribution in [0.5, 0.6) is 0 Å². The van der Waals surface area contributed by atoms with Gasteiger partial charge in [0.05, 0.1) is 11.9 Å². The molecule has 2 N–H and O–H groups in total. The summed E-state index contributed by atoms with van der Waals surface area (Å²) in [6.45, 7) is 1.98. The summed E-state index contributed by atoms with van der Waals surface area (Å²) in [6.07, 6.45) is 3.70. The summed E-state index contributed by atoms with van der Waals surface area (Å²) in [5, 5.41) is 9.73. The van der Waals surface area contributed by atoms with Crippen LogP contribution in [0.15, 0.2) is 12.4 Å². The first kappa shape index (κ1) is 8.07. The van der Waals surface area contributed by atoms with Crippen molar-refractivity contribution in [1.82, 2.24) is 15.5 Å². The number of nitrogens with zero attached hydrogens (tertiary/aromatic N) is 2. The second-order valence-corrected chi connectivity index (χ2v) is 2.48. The molecule has 1 rings (SSSR count). The molecule has 0 spiro atoms. The van der Waals surface area contributed by atoms with Gasteiger partial charge in [-0.1, -0.05) is 0 Å². The van der Waals surface area contributed by atoms with E-state index in [-0.39, 0.29) is 0 Å². The predicted molar refractivity (Wildman–Crippen MR) is 45.8 cm³/mol. The first-order valence-corrected chi connectivity index (χ1v) is 3.69. The van der Waals surface area contributed by atoms with Crippen molar-refractivity contribution in [2.24, 2.45) is 0 Å². The van der Waals surface area contributed by atoms with Crippen LogP contribution in [0, 0.1) is 0 Å². The number of likely N-dealkylation sites (N-methyl/N-ethyl adjacent to an activating group) is 2. The molecule has 0 aromatic carbocycles. The minimum atomic E-state index is 0.988. The number of rotatable bonds is 4. The van der Waals surface area contributed by atoms with Gasteiger partial charge in [-0.05, 0) is 7.05 Å². The number of anilines is 1. The van der Waals surface area contributed by atoms with Gasteiger partial charge in [-0.25, -0.2) is 0 Å². The fourth-order valence-corrected chi connectivity index (χ4v) is 0.861. The van der Waals surface area contributed by atoms with Crippen LogP contribution in [-0.4, -0.2) is 37.4 Å². The van der Waals surface area contributed by atoms with Crippen LogP contribution in [0.25, 0.3) is 0 Å². The molecule has 0 saturated carbocycles. The second-order valence-electron chi connectivity index (χ2n) is 2.48. The molecule has 0 radical (unpaired) electrons. The SMILES string of the molecule is CNCCN(C)c1cn[nH]c1. The third-order valence-corrected chi connectivity index (χ3v) is 1.62. The van der Waals surface area contributed by atoms with E-state index in [2.05, 4.69) is 20.4 Å². The Morgan fingerprint density at radius 3 is 3.09 bits per heavy atom. The molecule has 0 aliphatic carbocycles. The smallest absolute Gasteiger partial charge is 0.0747 e. The first-order valence-electron chi connectivity index (χ1n) is 3.69. The van der Waals surface area contributed by atoms with E-state index in [1.165, 1.54) is 0 Å². The van der Waals surface area contributed by atoms with Crippen LogP contribution in [0.4, 0.5) is 5.69 Å². The van der Waals surface area contributed by atoms with E-state index in [1.54, 1.807) is 0 Å². The zero-order valence-corrected chi connectivity index (χ0v) is 6.96. The largest absolute Gasteiger partial charge is 0.371 e. The predicted octanol–water partition coefficient (Wildman–Crippen LogP) is 0.0653. The topological polar surface area (TPSA) is 44.0 Å². The third kappa shape index (κ3) is 2.23. The van der Waals surface area contributed by atoms with Gasteiger partial charge >= 0.3 is 0 Å². The zero-order valence-electron chi connectivity index (χ0n) is 6.96. The van der Waals surface area contributed by atoms with Crippen LogP contribution in [-0.2, 0) is 0 Å². The number of H-pyrrole nitrogens is 1. The van der Waals surface area contributed by atoms with Crippen LogP contribution in [0.2, 0.25) is 0 Å². The number of aromatic nitrogens is 2. The van der Waals surface area contributed by atoms with E-state index >= 15 is 0 Å². The van der Waals surface area contributed by atoms with Gasteiger partial charge in [0.25, 0.3) is 0 Å².